The van der Waals surface area contributed by atoms with Crippen LogP contribution < -0.4 is 0 Å². The van der Waals surface area contributed by atoms with E-state index in [-0.39, 0.29) is 0 Å². The minimum Gasteiger partial charge on any atom is -0.479 e. The van der Waals surface area contributed by atoms with Crippen molar-refractivity contribution >= 4 is 51.0 Å². The van der Waals surface area contributed by atoms with Crippen molar-refractivity contribution in [1.29, 1.82) is 0 Å². The van der Waals surface area contributed by atoms with Gasteiger partial charge in [-0.2, -0.15) is 11.8 Å². The van der Waals surface area contributed by atoms with Crippen LogP contribution in [0.2, 0.25) is 0 Å². The number of aromatic nitrogens is 4. The second-order valence-electron chi connectivity index (χ2n) is 16.7. The number of rotatable bonds is 0. The lowest BCUT2D eigenvalue weighted by Crippen LogP contribution is -2.15. The van der Waals surface area contributed by atoms with E-state index in [1.165, 1.54) is 78.3 Å². The Morgan fingerprint density at radius 2 is 1.02 bits per heavy atom. The quantitative estimate of drug-likeness (QED) is 0.166. The van der Waals surface area contributed by atoms with Gasteiger partial charge in [-0.15, -0.1) is 11.8 Å². The van der Waals surface area contributed by atoms with E-state index < -0.39 is 10.8 Å². The van der Waals surface area contributed by atoms with Crippen molar-refractivity contribution in [1.82, 2.24) is 19.9 Å². The Balaban J connectivity index is -0.0000000917. The summed E-state index contributed by atoms with van der Waals surface area (Å²) in [6.45, 7) is 66.1. The first-order valence-electron chi connectivity index (χ1n) is 33.7. The smallest absolute Gasteiger partial charge is 0.180 e. The number of hydrogen-bond donors (Lipinski definition) is 0. The number of thioether (sulfide) groups is 2. The number of hydrogen-bond acceptors (Lipinski definition) is 14. The van der Waals surface area contributed by atoms with Crippen LogP contribution in [0.4, 0.5) is 0 Å². The maximum absolute atomic E-state index is 10.7. The Morgan fingerprint density at radius 3 is 1.22 bits per heavy atom. The summed E-state index contributed by atoms with van der Waals surface area (Å²) in [6.07, 6.45) is 20.8. The molecular weight excluding hydrogens is 1140 g/mol. The van der Waals surface area contributed by atoms with E-state index >= 15 is 0 Å². The molecule has 6 aliphatic rings. The third-order valence-electron chi connectivity index (χ3n) is 9.97. The molecule has 0 amide bonds. The SMILES string of the molecule is CC.CC.CC.CC.CC.CC.CC.CC.CC.CC.CC1=NCCO1.CC1=NCCS1.CC1=NOCC1.CC1CCOCC1.CC1CCS(=O)CC1.CC1CCSCC1.Cc1ccccn1.Cc1cccnc1.Cc1ccncc1.Cc1cocn1. The minimum atomic E-state index is -0.461. The molecule has 0 spiro atoms. The zero-order chi connectivity index (χ0) is 69.2. The second-order valence-corrected chi connectivity index (χ2v) is 20.9. The molecule has 0 aliphatic carbocycles. The van der Waals surface area contributed by atoms with Crippen LogP contribution in [0.5, 0.6) is 0 Å². The summed E-state index contributed by atoms with van der Waals surface area (Å²) in [7, 11) is -0.461. The van der Waals surface area contributed by atoms with E-state index in [0.29, 0.717) is 0 Å². The third-order valence-corrected chi connectivity index (χ3v) is 13.3. The average molecular weight is 1280 g/mol. The summed E-state index contributed by atoms with van der Waals surface area (Å²) >= 11 is 3.95. The van der Waals surface area contributed by atoms with Crippen molar-refractivity contribution in [3.63, 3.8) is 0 Å². The molecule has 87 heavy (non-hydrogen) atoms. The lowest BCUT2D eigenvalue weighted by molar-refractivity contribution is 0.0716. The fraction of sp³-hybridized carbons (Fsp3) is 0.708. The van der Waals surface area contributed by atoms with Crippen molar-refractivity contribution in [3.8, 4) is 0 Å². The number of nitrogens with zero attached hydrogens (tertiary/aromatic N) is 7. The number of aryl methyl sites for hydroxylation is 4. The predicted octanol–water partition coefficient (Wildman–Crippen LogP) is 22.5. The fourth-order valence-electron chi connectivity index (χ4n) is 5.42. The maximum atomic E-state index is 10.7. The van der Waals surface area contributed by atoms with Gasteiger partial charge in [0.05, 0.1) is 23.0 Å². The molecule has 12 nitrogen and oxygen atoms in total. The summed E-state index contributed by atoms with van der Waals surface area (Å²) in [5.74, 6) is 9.48. The third kappa shape index (κ3) is 95.9. The molecule has 0 atom stereocenters. The molecular formula is C72H143N7O5S3. The van der Waals surface area contributed by atoms with E-state index in [4.69, 9.17) is 9.47 Å². The summed E-state index contributed by atoms with van der Waals surface area (Å²) < 4.78 is 25.4. The predicted molar refractivity (Wildman–Crippen MR) is 401 cm³/mol. The van der Waals surface area contributed by atoms with Gasteiger partial charge >= 0.3 is 0 Å². The van der Waals surface area contributed by atoms with Gasteiger partial charge in [0.25, 0.3) is 0 Å². The Kier molecular flexibility index (Phi) is 118. The molecule has 15 heteroatoms. The molecule has 514 valence electrons. The first-order valence-corrected chi connectivity index (χ1v) is 37.4. The first kappa shape index (κ1) is 105. The van der Waals surface area contributed by atoms with Gasteiger partial charge in [0, 0.05) is 97.8 Å². The first-order chi connectivity index (χ1) is 42.3. The van der Waals surface area contributed by atoms with Crippen LogP contribution in [0.1, 0.15) is 247 Å². The zero-order valence-electron chi connectivity index (χ0n) is 62.4. The highest BCUT2D eigenvalue weighted by Crippen LogP contribution is 2.21. The van der Waals surface area contributed by atoms with E-state index in [1.807, 2.05) is 240 Å². The average Bonchev–Trinajstić information content (AvgIpc) is 4.49. The number of oxime groups is 1. The minimum absolute atomic E-state index is 0.461. The molecule has 0 bridgehead atoms. The molecule has 0 unspecified atom stereocenters. The van der Waals surface area contributed by atoms with Crippen molar-refractivity contribution in [2.24, 2.45) is 32.9 Å². The van der Waals surface area contributed by atoms with E-state index in [9.17, 15) is 4.21 Å². The van der Waals surface area contributed by atoms with Crippen LogP contribution in [0.15, 0.2) is 106 Å². The van der Waals surface area contributed by atoms with E-state index in [2.05, 4.69) is 83.8 Å². The van der Waals surface area contributed by atoms with Gasteiger partial charge in [-0.3, -0.25) is 29.1 Å². The highest BCUT2D eigenvalue weighted by Gasteiger charge is 2.12. The topological polar surface area (TPSA) is 147 Å². The zero-order valence-corrected chi connectivity index (χ0v) is 64.9. The van der Waals surface area contributed by atoms with Gasteiger partial charge in [0.2, 0.25) is 0 Å². The van der Waals surface area contributed by atoms with Gasteiger partial charge in [0.1, 0.15) is 19.5 Å². The van der Waals surface area contributed by atoms with Gasteiger partial charge in [0.15, 0.2) is 12.3 Å². The van der Waals surface area contributed by atoms with E-state index in [0.717, 1.165) is 98.2 Å². The highest BCUT2D eigenvalue weighted by molar-refractivity contribution is 8.14. The maximum Gasteiger partial charge on any atom is 0.180 e. The lowest BCUT2D eigenvalue weighted by atomic mass is 10.0. The normalized spacial score (nSPS) is 15.3. The molecule has 3 fully saturated rings. The highest BCUT2D eigenvalue weighted by atomic mass is 32.2. The Morgan fingerprint density at radius 1 is 0.494 bits per heavy atom. The van der Waals surface area contributed by atoms with Crippen molar-refractivity contribution < 1.29 is 22.9 Å². The molecule has 3 saturated heterocycles. The van der Waals surface area contributed by atoms with Crippen LogP contribution in [-0.2, 0) is 25.1 Å². The largest absolute Gasteiger partial charge is 0.479 e. The number of ether oxygens (including phenoxy) is 2. The Hall–Kier alpha value is -3.92. The van der Waals surface area contributed by atoms with Gasteiger partial charge in [-0.25, -0.2) is 4.98 Å². The molecule has 0 radical (unpaired) electrons. The molecule has 0 aromatic carbocycles. The number of pyridine rings is 3. The molecule has 0 saturated carbocycles. The number of oxazole rings is 1. The lowest BCUT2D eigenvalue weighted by Gasteiger charge is -2.16. The molecule has 0 N–H and O–H groups in total. The van der Waals surface area contributed by atoms with Gasteiger partial charge in [-0.05, 0) is 151 Å². The summed E-state index contributed by atoms with van der Waals surface area (Å²) in [6, 6.07) is 13.7. The van der Waals surface area contributed by atoms with Crippen molar-refractivity contribution in [3.05, 3.63) is 109 Å². The molecule has 6 aliphatic heterocycles. The molecule has 10 rings (SSSR count). The fourth-order valence-corrected chi connectivity index (χ4v) is 8.95. The second kappa shape index (κ2) is 98.3. The summed E-state index contributed by atoms with van der Waals surface area (Å²) in [5, 5.41) is 4.90. The van der Waals surface area contributed by atoms with Gasteiger partial charge < -0.3 is 18.7 Å². The van der Waals surface area contributed by atoms with Crippen LogP contribution >= 0.6 is 23.5 Å². The van der Waals surface area contributed by atoms with Crippen LogP contribution in [0, 0.1) is 45.4 Å². The number of aliphatic imine (C=N–C) groups is 2. The van der Waals surface area contributed by atoms with Crippen LogP contribution in [0.25, 0.3) is 0 Å². The van der Waals surface area contributed by atoms with Crippen molar-refractivity contribution in [2.45, 2.75) is 253 Å². The van der Waals surface area contributed by atoms with E-state index in [1.54, 1.807) is 31.1 Å². The summed E-state index contributed by atoms with van der Waals surface area (Å²) in [4.78, 5) is 28.1. The Labute approximate surface area is 553 Å². The molecule has 4 aromatic heterocycles. The monoisotopic (exact) mass is 1280 g/mol. The molecule has 4 aromatic rings. The van der Waals surface area contributed by atoms with Crippen LogP contribution in [-0.4, -0.2) is 109 Å². The summed E-state index contributed by atoms with van der Waals surface area (Å²) in [5.41, 5.74) is 5.57. The molecule has 10 heterocycles. The van der Waals surface area contributed by atoms with Crippen molar-refractivity contribution in [2.75, 3.05) is 68.3 Å². The van der Waals surface area contributed by atoms with Crippen LogP contribution in [0.3, 0.4) is 0 Å². The standard InChI is InChI=1S/3C6H7N.C6H12OS.C6H12O.C6H12S.C4H5NO.2C4H7NO.C4H7NS.10C2H6/c1-6-2-4-7-5-3-6;1-6-3-2-4-7-5-6;1-6-4-2-3-5-7-6;1-6-2-4-8(7)5-3-6;2*1-6-2-4-7-5-3-6;1-4-2-6-3-5-4;1-4-5-2-3-6-4;1-4-2-3-6-5-4;1-4-5-2-3-6-4;10*1-2/h3*2-5H,1H3;6H,2-5H2,1H3;2*6H,2-5H2,1H3;2-3H,1H3;3*2-3H2,1H3;10*1-2H3. The Bertz CT molecular complexity index is 1670. The van der Waals surface area contributed by atoms with Gasteiger partial charge in [-0.1, -0.05) is 177 Å².